The smallest absolute Gasteiger partial charge is 0.214 e. The third-order valence-electron chi connectivity index (χ3n) is 4.12. The number of fused-ring (bicyclic) bond motifs is 1. The molecule has 0 radical (unpaired) electrons. The maximum atomic E-state index is 4.73. The second-order valence-corrected chi connectivity index (χ2v) is 8.77. The Balaban J connectivity index is 1.55. The molecule has 0 atom stereocenters. The summed E-state index contributed by atoms with van der Waals surface area (Å²) in [5.41, 5.74) is 2.63. The van der Waals surface area contributed by atoms with Crippen LogP contribution in [-0.4, -0.2) is 27.7 Å². The number of hydrogen-bond donors (Lipinski definition) is 0. The van der Waals surface area contributed by atoms with Crippen molar-refractivity contribution in [1.29, 1.82) is 0 Å². The summed E-state index contributed by atoms with van der Waals surface area (Å²) >= 11 is 3.50. The van der Waals surface area contributed by atoms with Crippen LogP contribution < -0.4 is 4.90 Å². The normalized spacial score (nSPS) is 16.1. The van der Waals surface area contributed by atoms with E-state index in [-0.39, 0.29) is 5.41 Å². The Morgan fingerprint density at radius 1 is 1.26 bits per heavy atom. The van der Waals surface area contributed by atoms with E-state index in [4.69, 9.17) is 10.1 Å². The number of hydrogen-bond acceptors (Lipinski definition) is 5. The molecule has 0 amide bonds. The predicted molar refractivity (Wildman–Crippen MR) is 98.7 cm³/mol. The Labute approximate surface area is 144 Å². The zero-order chi connectivity index (χ0) is 16.0. The van der Waals surface area contributed by atoms with Crippen molar-refractivity contribution in [3.05, 3.63) is 40.4 Å². The molecule has 0 fully saturated rings. The molecule has 4 heterocycles. The van der Waals surface area contributed by atoms with Gasteiger partial charge in [0.05, 0.1) is 11.9 Å². The molecule has 0 bridgehead atoms. The first-order valence-electron chi connectivity index (χ1n) is 7.85. The average Bonchev–Trinajstić information content (AvgIpc) is 3.22. The highest BCUT2D eigenvalue weighted by Crippen LogP contribution is 2.31. The van der Waals surface area contributed by atoms with E-state index in [1.54, 1.807) is 11.3 Å². The van der Waals surface area contributed by atoms with Crippen molar-refractivity contribution in [2.45, 2.75) is 32.6 Å². The molecule has 0 saturated heterocycles. The van der Waals surface area contributed by atoms with Gasteiger partial charge in [-0.2, -0.15) is 0 Å². The topological polar surface area (TPSA) is 33.4 Å². The Bertz CT molecular complexity index is 818. The van der Waals surface area contributed by atoms with Crippen LogP contribution in [-0.2, 0) is 5.41 Å². The molecule has 3 aromatic rings. The lowest BCUT2D eigenvalue weighted by atomic mass is 9.93. The fraction of sp³-hybridized carbons (Fsp3) is 0.412. The van der Waals surface area contributed by atoms with Crippen molar-refractivity contribution >= 4 is 38.3 Å². The standard InChI is InChI=1S/C17H20N4S2/c1-17(2,3)14-11-21-15(18-14)23-16(19-21)20-8-6-12(7-9-20)13-5-4-10-22-13/h4-6,10-11H,7-9H2,1-3H3. The zero-order valence-electron chi connectivity index (χ0n) is 13.6. The van der Waals surface area contributed by atoms with Gasteiger partial charge in [0.1, 0.15) is 0 Å². The highest BCUT2D eigenvalue weighted by molar-refractivity contribution is 7.20. The van der Waals surface area contributed by atoms with Crippen molar-refractivity contribution in [3.8, 4) is 0 Å². The third-order valence-corrected chi connectivity index (χ3v) is 6.05. The van der Waals surface area contributed by atoms with Crippen molar-refractivity contribution in [2.24, 2.45) is 0 Å². The van der Waals surface area contributed by atoms with E-state index in [9.17, 15) is 0 Å². The van der Waals surface area contributed by atoms with Gasteiger partial charge in [0.15, 0.2) is 0 Å². The molecule has 23 heavy (non-hydrogen) atoms. The molecular formula is C17H20N4S2. The van der Waals surface area contributed by atoms with Crippen LogP contribution in [0.3, 0.4) is 0 Å². The molecule has 1 aliphatic rings. The number of thiophene rings is 1. The second-order valence-electron chi connectivity index (χ2n) is 6.89. The minimum absolute atomic E-state index is 0.0665. The Hall–Kier alpha value is -1.66. The van der Waals surface area contributed by atoms with Gasteiger partial charge in [0, 0.05) is 23.4 Å². The number of anilines is 1. The summed E-state index contributed by atoms with van der Waals surface area (Å²) in [7, 11) is 0. The number of imidazole rings is 1. The molecule has 1 aliphatic heterocycles. The summed E-state index contributed by atoms with van der Waals surface area (Å²) < 4.78 is 1.93. The SMILES string of the molecule is CC(C)(C)c1cn2nc(N3CC=C(c4cccs4)CC3)sc2n1. The minimum Gasteiger partial charge on any atom is -0.343 e. The van der Waals surface area contributed by atoms with E-state index in [0.29, 0.717) is 0 Å². The summed E-state index contributed by atoms with van der Waals surface area (Å²) in [5, 5.41) is 7.94. The first-order valence-corrected chi connectivity index (χ1v) is 9.55. The molecule has 4 nitrogen and oxygen atoms in total. The average molecular weight is 345 g/mol. The van der Waals surface area contributed by atoms with E-state index in [1.807, 2.05) is 15.9 Å². The first-order chi connectivity index (χ1) is 11.0. The fourth-order valence-corrected chi connectivity index (χ4v) is 4.42. The monoisotopic (exact) mass is 344 g/mol. The van der Waals surface area contributed by atoms with Gasteiger partial charge in [-0.25, -0.2) is 9.50 Å². The summed E-state index contributed by atoms with van der Waals surface area (Å²) in [4.78, 5) is 9.46. The minimum atomic E-state index is 0.0665. The lowest BCUT2D eigenvalue weighted by Gasteiger charge is -2.25. The molecule has 6 heteroatoms. The van der Waals surface area contributed by atoms with Crippen LogP contribution in [0.2, 0.25) is 0 Å². The van der Waals surface area contributed by atoms with Crippen LogP contribution in [0.5, 0.6) is 0 Å². The van der Waals surface area contributed by atoms with Crippen LogP contribution in [0.1, 0.15) is 37.8 Å². The molecule has 0 spiro atoms. The first kappa shape index (κ1) is 14.9. The van der Waals surface area contributed by atoms with Crippen LogP contribution in [0.4, 0.5) is 5.13 Å². The van der Waals surface area contributed by atoms with E-state index < -0.39 is 0 Å². The fourth-order valence-electron chi connectivity index (χ4n) is 2.71. The van der Waals surface area contributed by atoms with Gasteiger partial charge in [-0.15, -0.1) is 16.4 Å². The zero-order valence-corrected chi connectivity index (χ0v) is 15.2. The third kappa shape index (κ3) is 2.81. The summed E-state index contributed by atoms with van der Waals surface area (Å²) in [6.07, 6.45) is 5.47. The van der Waals surface area contributed by atoms with E-state index in [0.717, 1.165) is 35.3 Å². The van der Waals surface area contributed by atoms with Crippen LogP contribution in [0.15, 0.2) is 29.8 Å². The summed E-state index contributed by atoms with van der Waals surface area (Å²) in [5.74, 6) is 0. The van der Waals surface area contributed by atoms with Gasteiger partial charge in [0.25, 0.3) is 0 Å². The Morgan fingerprint density at radius 3 is 2.74 bits per heavy atom. The highest BCUT2D eigenvalue weighted by Gasteiger charge is 2.21. The van der Waals surface area contributed by atoms with Crippen molar-refractivity contribution in [3.63, 3.8) is 0 Å². The van der Waals surface area contributed by atoms with E-state index in [1.165, 1.54) is 10.5 Å². The molecule has 0 aliphatic carbocycles. The number of rotatable bonds is 2. The molecule has 120 valence electrons. The maximum Gasteiger partial charge on any atom is 0.214 e. The van der Waals surface area contributed by atoms with Crippen LogP contribution in [0, 0.1) is 0 Å². The van der Waals surface area contributed by atoms with Crippen molar-refractivity contribution < 1.29 is 0 Å². The highest BCUT2D eigenvalue weighted by atomic mass is 32.1. The second kappa shape index (κ2) is 5.46. The van der Waals surface area contributed by atoms with Crippen LogP contribution >= 0.6 is 22.7 Å². The lowest BCUT2D eigenvalue weighted by Crippen LogP contribution is -2.28. The molecule has 0 saturated carbocycles. The molecule has 0 unspecified atom stereocenters. The molecule has 3 aromatic heterocycles. The van der Waals surface area contributed by atoms with Gasteiger partial charge in [-0.05, 0) is 23.4 Å². The molecule has 4 rings (SSSR count). The van der Waals surface area contributed by atoms with Gasteiger partial charge < -0.3 is 4.90 Å². The quantitative estimate of drug-likeness (QED) is 0.689. The predicted octanol–water partition coefficient (Wildman–Crippen LogP) is 4.44. The number of aromatic nitrogens is 3. The van der Waals surface area contributed by atoms with Gasteiger partial charge in [0.2, 0.25) is 10.1 Å². The Kier molecular flexibility index (Phi) is 3.54. The van der Waals surface area contributed by atoms with Gasteiger partial charge in [-0.1, -0.05) is 44.3 Å². The summed E-state index contributed by atoms with van der Waals surface area (Å²) in [6.45, 7) is 8.49. The Morgan fingerprint density at radius 2 is 2.13 bits per heavy atom. The van der Waals surface area contributed by atoms with E-state index >= 15 is 0 Å². The maximum absolute atomic E-state index is 4.73. The molecular weight excluding hydrogens is 324 g/mol. The van der Waals surface area contributed by atoms with Crippen molar-refractivity contribution in [2.75, 3.05) is 18.0 Å². The van der Waals surface area contributed by atoms with Gasteiger partial charge >= 0.3 is 0 Å². The largest absolute Gasteiger partial charge is 0.343 e. The molecule has 0 aromatic carbocycles. The van der Waals surface area contributed by atoms with Gasteiger partial charge in [-0.3, -0.25) is 0 Å². The summed E-state index contributed by atoms with van der Waals surface area (Å²) in [6, 6.07) is 4.33. The molecule has 0 N–H and O–H groups in total. The van der Waals surface area contributed by atoms with E-state index in [2.05, 4.69) is 55.5 Å². The number of nitrogens with zero attached hydrogens (tertiary/aromatic N) is 4. The lowest BCUT2D eigenvalue weighted by molar-refractivity contribution is 0.572. The van der Waals surface area contributed by atoms with Crippen molar-refractivity contribution in [1.82, 2.24) is 14.6 Å². The van der Waals surface area contributed by atoms with Crippen LogP contribution in [0.25, 0.3) is 10.5 Å².